The van der Waals surface area contributed by atoms with Crippen molar-refractivity contribution in [3.8, 4) is 12.3 Å². The topological polar surface area (TPSA) is 56.0 Å². The van der Waals surface area contributed by atoms with Gasteiger partial charge in [0.15, 0.2) is 5.78 Å². The third-order valence-corrected chi connectivity index (χ3v) is 1.37. The Morgan fingerprint density at radius 2 is 2.50 bits per heavy atom. The van der Waals surface area contributed by atoms with Gasteiger partial charge in [-0.05, 0) is 12.1 Å². The van der Waals surface area contributed by atoms with E-state index in [4.69, 9.17) is 12.2 Å². The van der Waals surface area contributed by atoms with Gasteiger partial charge in [0.2, 0.25) is 0 Å². The van der Waals surface area contributed by atoms with Gasteiger partial charge in [0.25, 0.3) is 0 Å². The molecule has 60 valence electrons. The van der Waals surface area contributed by atoms with Crippen LogP contribution in [0.5, 0.6) is 0 Å². The summed E-state index contributed by atoms with van der Waals surface area (Å²) in [7, 11) is 0. The van der Waals surface area contributed by atoms with E-state index in [0.717, 1.165) is 0 Å². The van der Waals surface area contributed by atoms with Crippen LogP contribution in [0.25, 0.3) is 0 Å². The number of pyridine rings is 1. The lowest BCUT2D eigenvalue weighted by Gasteiger charge is -1.98. The Morgan fingerprint density at radius 3 is 3.08 bits per heavy atom. The average molecular weight is 160 g/mol. The number of Topliss-reactive ketones (excluding diaryl/α,β-unsaturated/α-hetero) is 1. The van der Waals surface area contributed by atoms with Crippen molar-refractivity contribution < 1.29 is 4.79 Å². The summed E-state index contributed by atoms with van der Waals surface area (Å²) in [6.07, 6.45) is 6.53. The Kier molecular flexibility index (Phi) is 2.44. The smallest absolute Gasteiger partial charge is 0.195 e. The van der Waals surface area contributed by atoms with Gasteiger partial charge < -0.3 is 5.73 Å². The molecule has 0 radical (unpaired) electrons. The minimum atomic E-state index is -0.212. The van der Waals surface area contributed by atoms with Crippen molar-refractivity contribution in [2.45, 2.75) is 6.42 Å². The van der Waals surface area contributed by atoms with E-state index in [1.165, 1.54) is 6.20 Å². The lowest BCUT2D eigenvalue weighted by atomic mass is 10.2. The first-order valence-electron chi connectivity index (χ1n) is 3.43. The number of terminal acetylenes is 1. The Balaban J connectivity index is 2.97. The molecule has 2 N–H and O–H groups in total. The van der Waals surface area contributed by atoms with E-state index in [0.29, 0.717) is 5.69 Å². The molecule has 0 aliphatic rings. The van der Waals surface area contributed by atoms with Crippen molar-refractivity contribution in [1.82, 2.24) is 4.98 Å². The molecule has 0 fully saturated rings. The standard InChI is InChI=1S/C9H8N2O/c1-2-4-8(12)9-7(10)5-3-6-11-9/h1,3,5-6H,4,10H2. The molecular formula is C9H8N2O. The average Bonchev–Trinajstić information content (AvgIpc) is 2.05. The molecule has 0 aromatic carbocycles. The number of aromatic nitrogens is 1. The van der Waals surface area contributed by atoms with E-state index in [2.05, 4.69) is 10.9 Å². The molecule has 1 heterocycles. The maximum atomic E-state index is 11.2. The Labute approximate surface area is 70.6 Å². The van der Waals surface area contributed by atoms with E-state index in [1.807, 2.05) is 0 Å². The van der Waals surface area contributed by atoms with Crippen molar-refractivity contribution in [3.05, 3.63) is 24.0 Å². The zero-order valence-corrected chi connectivity index (χ0v) is 6.45. The quantitative estimate of drug-likeness (QED) is 0.516. The van der Waals surface area contributed by atoms with Gasteiger partial charge in [-0.25, -0.2) is 0 Å². The van der Waals surface area contributed by atoms with Crippen LogP contribution in [0.3, 0.4) is 0 Å². The minimum absolute atomic E-state index is 0.0429. The van der Waals surface area contributed by atoms with Gasteiger partial charge in [0.1, 0.15) is 5.69 Å². The highest BCUT2D eigenvalue weighted by Crippen LogP contribution is 2.08. The second-order valence-corrected chi connectivity index (χ2v) is 2.25. The minimum Gasteiger partial charge on any atom is -0.397 e. The van der Waals surface area contributed by atoms with Crippen LogP contribution in [-0.2, 0) is 0 Å². The predicted molar refractivity (Wildman–Crippen MR) is 46.4 cm³/mol. The Hall–Kier alpha value is -1.82. The van der Waals surface area contributed by atoms with Crippen molar-refractivity contribution in [2.75, 3.05) is 5.73 Å². The van der Waals surface area contributed by atoms with Crippen LogP contribution in [0, 0.1) is 12.3 Å². The fraction of sp³-hybridized carbons (Fsp3) is 0.111. The number of carbonyl (C=O) groups is 1. The molecule has 1 rings (SSSR count). The van der Waals surface area contributed by atoms with Crippen molar-refractivity contribution >= 4 is 11.5 Å². The fourth-order valence-electron chi connectivity index (χ4n) is 0.827. The van der Waals surface area contributed by atoms with E-state index in [9.17, 15) is 4.79 Å². The highest BCUT2D eigenvalue weighted by atomic mass is 16.1. The second-order valence-electron chi connectivity index (χ2n) is 2.25. The maximum absolute atomic E-state index is 11.2. The molecule has 1 aromatic rings. The van der Waals surface area contributed by atoms with Crippen LogP contribution < -0.4 is 5.73 Å². The van der Waals surface area contributed by atoms with Gasteiger partial charge in [0.05, 0.1) is 12.1 Å². The molecule has 0 saturated carbocycles. The van der Waals surface area contributed by atoms with Crippen LogP contribution in [0.4, 0.5) is 5.69 Å². The molecule has 3 heteroatoms. The predicted octanol–water partition coefficient (Wildman–Crippen LogP) is 0.870. The zero-order valence-electron chi connectivity index (χ0n) is 6.45. The van der Waals surface area contributed by atoms with Crippen molar-refractivity contribution in [1.29, 1.82) is 0 Å². The number of nitrogens with two attached hydrogens (primary N) is 1. The summed E-state index contributed by atoms with van der Waals surface area (Å²) < 4.78 is 0. The Morgan fingerprint density at radius 1 is 1.75 bits per heavy atom. The number of ketones is 1. The Bertz CT molecular complexity index is 339. The first kappa shape index (κ1) is 8.28. The molecule has 0 aliphatic heterocycles. The summed E-state index contributed by atoms with van der Waals surface area (Å²) in [6.45, 7) is 0. The molecule has 0 aliphatic carbocycles. The van der Waals surface area contributed by atoms with E-state index < -0.39 is 0 Å². The number of anilines is 1. The zero-order chi connectivity index (χ0) is 8.97. The highest BCUT2D eigenvalue weighted by Gasteiger charge is 2.08. The molecule has 3 nitrogen and oxygen atoms in total. The first-order chi connectivity index (χ1) is 5.75. The summed E-state index contributed by atoms with van der Waals surface area (Å²) in [5.74, 6) is 2.04. The number of hydrogen-bond acceptors (Lipinski definition) is 3. The van der Waals surface area contributed by atoms with Gasteiger partial charge in [-0.1, -0.05) is 5.92 Å². The summed E-state index contributed by atoms with van der Waals surface area (Å²) in [4.78, 5) is 15.0. The van der Waals surface area contributed by atoms with Crippen LogP contribution >= 0.6 is 0 Å². The second kappa shape index (κ2) is 3.54. The molecular weight excluding hydrogens is 152 g/mol. The summed E-state index contributed by atoms with van der Waals surface area (Å²) >= 11 is 0. The lowest BCUT2D eigenvalue weighted by Crippen LogP contribution is -2.04. The SMILES string of the molecule is C#CCC(=O)c1ncccc1N. The highest BCUT2D eigenvalue weighted by molar-refractivity contribution is 5.99. The van der Waals surface area contributed by atoms with Gasteiger partial charge in [-0.3, -0.25) is 9.78 Å². The molecule has 0 saturated heterocycles. The number of nitrogen functional groups attached to an aromatic ring is 1. The number of carbonyl (C=O) groups excluding carboxylic acids is 1. The maximum Gasteiger partial charge on any atom is 0.195 e. The largest absolute Gasteiger partial charge is 0.397 e. The summed E-state index contributed by atoms with van der Waals surface area (Å²) in [5, 5.41) is 0. The fourth-order valence-corrected chi connectivity index (χ4v) is 0.827. The van der Waals surface area contributed by atoms with Gasteiger partial charge >= 0.3 is 0 Å². The van der Waals surface area contributed by atoms with Gasteiger partial charge in [-0.15, -0.1) is 6.42 Å². The summed E-state index contributed by atoms with van der Waals surface area (Å²) in [6, 6.07) is 3.29. The van der Waals surface area contributed by atoms with E-state index >= 15 is 0 Å². The van der Waals surface area contributed by atoms with Crippen LogP contribution in [0.1, 0.15) is 16.9 Å². The molecule has 0 spiro atoms. The van der Waals surface area contributed by atoms with Crippen molar-refractivity contribution in [2.24, 2.45) is 0 Å². The molecule has 12 heavy (non-hydrogen) atoms. The molecule has 0 atom stereocenters. The van der Waals surface area contributed by atoms with Gasteiger partial charge in [-0.2, -0.15) is 0 Å². The number of nitrogens with zero attached hydrogens (tertiary/aromatic N) is 1. The third-order valence-electron chi connectivity index (χ3n) is 1.37. The van der Waals surface area contributed by atoms with Crippen LogP contribution in [-0.4, -0.2) is 10.8 Å². The monoisotopic (exact) mass is 160 g/mol. The van der Waals surface area contributed by atoms with Crippen molar-refractivity contribution in [3.63, 3.8) is 0 Å². The molecule has 0 unspecified atom stereocenters. The van der Waals surface area contributed by atoms with Gasteiger partial charge in [0, 0.05) is 6.20 Å². The molecule has 1 aromatic heterocycles. The van der Waals surface area contributed by atoms with E-state index in [1.54, 1.807) is 12.1 Å². The first-order valence-corrected chi connectivity index (χ1v) is 3.43. The molecule has 0 bridgehead atoms. The van der Waals surface area contributed by atoms with Crippen LogP contribution in [0.2, 0.25) is 0 Å². The lowest BCUT2D eigenvalue weighted by molar-refractivity contribution is 0.0994. The van der Waals surface area contributed by atoms with Crippen LogP contribution in [0.15, 0.2) is 18.3 Å². The molecule has 0 amide bonds. The summed E-state index contributed by atoms with van der Waals surface area (Å²) in [5.41, 5.74) is 6.13. The van der Waals surface area contributed by atoms with E-state index in [-0.39, 0.29) is 17.9 Å². The third kappa shape index (κ3) is 1.61. The number of hydrogen-bond donors (Lipinski definition) is 1. The normalized spacial score (nSPS) is 8.92. The number of rotatable bonds is 2.